The molecule has 3 rings (SSSR count). The summed E-state index contributed by atoms with van der Waals surface area (Å²) in [5.41, 5.74) is 0.381. The molecule has 0 spiro atoms. The molecule has 0 radical (unpaired) electrons. The van der Waals surface area contributed by atoms with Gasteiger partial charge in [-0.15, -0.1) is 0 Å². The molecule has 1 aliphatic rings. The molecule has 7 heteroatoms. The fourth-order valence-corrected chi connectivity index (χ4v) is 3.73. The van der Waals surface area contributed by atoms with E-state index in [1.165, 1.54) is 0 Å². The van der Waals surface area contributed by atoms with Gasteiger partial charge in [0.1, 0.15) is 17.2 Å². The third-order valence-electron chi connectivity index (χ3n) is 4.22. The minimum absolute atomic E-state index is 0.173. The molecule has 1 atom stereocenters. The van der Waals surface area contributed by atoms with Crippen LogP contribution in [0.3, 0.4) is 0 Å². The van der Waals surface area contributed by atoms with E-state index in [9.17, 15) is 18.7 Å². The van der Waals surface area contributed by atoms with Gasteiger partial charge in [0.15, 0.2) is 0 Å². The van der Waals surface area contributed by atoms with Crippen molar-refractivity contribution in [3.63, 3.8) is 0 Å². The molecule has 1 aromatic heterocycles. The van der Waals surface area contributed by atoms with Crippen LogP contribution < -0.4 is 0 Å². The van der Waals surface area contributed by atoms with Crippen LogP contribution in [0.4, 0.5) is 8.78 Å². The highest BCUT2D eigenvalue weighted by Gasteiger charge is 2.41. The molecule has 1 aliphatic heterocycles. The molecule has 0 amide bonds. The Hall–Kier alpha value is -1.47. The van der Waals surface area contributed by atoms with Crippen LogP contribution in [0.15, 0.2) is 10.5 Å². The molecule has 0 aliphatic carbocycles. The van der Waals surface area contributed by atoms with Crippen LogP contribution in [-0.4, -0.2) is 22.7 Å². The Morgan fingerprint density at radius 1 is 1.50 bits per heavy atom. The predicted molar refractivity (Wildman–Crippen MR) is 79.8 cm³/mol. The van der Waals surface area contributed by atoms with Gasteiger partial charge in [0.05, 0.1) is 28.7 Å². The van der Waals surface area contributed by atoms with E-state index in [1.807, 2.05) is 6.92 Å². The molecule has 2 heterocycles. The summed E-state index contributed by atoms with van der Waals surface area (Å²) in [6, 6.07) is 0.806. The maximum atomic E-state index is 14.1. The summed E-state index contributed by atoms with van der Waals surface area (Å²) in [5.74, 6) is -2.39. The Labute approximate surface area is 133 Å². The third-order valence-corrected chi connectivity index (χ3v) is 4.99. The first-order valence-corrected chi connectivity index (χ1v) is 7.73. The number of aromatic amines is 1. The number of ether oxygens (including phenoxy) is 1. The quantitative estimate of drug-likeness (QED) is 0.802. The normalized spacial score (nSPS) is 21.1. The highest BCUT2D eigenvalue weighted by atomic mass is 79.9. The number of carboxylic acids is 1. The molecule has 2 aromatic rings. The number of carbonyl (C=O) groups is 1. The number of halogens is 3. The molecule has 0 saturated heterocycles. The van der Waals surface area contributed by atoms with E-state index in [-0.39, 0.29) is 16.4 Å². The Morgan fingerprint density at radius 3 is 2.86 bits per heavy atom. The lowest BCUT2D eigenvalue weighted by Gasteiger charge is -2.35. The number of aromatic nitrogens is 1. The minimum Gasteiger partial charge on any atom is -0.481 e. The van der Waals surface area contributed by atoms with Crippen LogP contribution in [0.1, 0.15) is 31.0 Å². The van der Waals surface area contributed by atoms with Crippen molar-refractivity contribution < 1.29 is 23.4 Å². The van der Waals surface area contributed by atoms with Crippen molar-refractivity contribution in [1.82, 2.24) is 4.98 Å². The minimum atomic E-state index is -1.04. The topological polar surface area (TPSA) is 62.3 Å². The van der Waals surface area contributed by atoms with E-state index in [1.54, 1.807) is 0 Å². The fraction of sp³-hybridized carbons (Fsp3) is 0.400. The largest absolute Gasteiger partial charge is 0.481 e. The summed E-state index contributed by atoms with van der Waals surface area (Å²) >= 11 is 3.16. The molecule has 0 bridgehead atoms. The number of fused-ring (bicyclic) bond motifs is 3. The molecular weight excluding hydrogens is 360 g/mol. The van der Waals surface area contributed by atoms with E-state index in [4.69, 9.17) is 4.74 Å². The van der Waals surface area contributed by atoms with Gasteiger partial charge in [0.25, 0.3) is 0 Å². The second-order valence-electron chi connectivity index (χ2n) is 5.40. The van der Waals surface area contributed by atoms with Crippen molar-refractivity contribution in [3.8, 4) is 0 Å². The summed E-state index contributed by atoms with van der Waals surface area (Å²) < 4.78 is 33.8. The summed E-state index contributed by atoms with van der Waals surface area (Å²) in [5, 5.41) is 9.61. The lowest BCUT2D eigenvalue weighted by atomic mass is 9.86. The molecule has 2 N–H and O–H groups in total. The maximum Gasteiger partial charge on any atom is 0.306 e. The van der Waals surface area contributed by atoms with Gasteiger partial charge in [-0.25, -0.2) is 8.78 Å². The zero-order valence-corrected chi connectivity index (χ0v) is 13.4. The number of H-pyrrole nitrogens is 1. The number of rotatable bonds is 3. The number of nitrogens with one attached hydrogen (secondary N) is 1. The number of carboxylic acid groups (broad SMARTS) is 1. The average molecular weight is 374 g/mol. The molecule has 22 heavy (non-hydrogen) atoms. The third kappa shape index (κ3) is 2.14. The van der Waals surface area contributed by atoms with Crippen molar-refractivity contribution >= 4 is 32.8 Å². The molecule has 0 saturated carbocycles. The average Bonchev–Trinajstić information content (AvgIpc) is 2.86. The van der Waals surface area contributed by atoms with Crippen molar-refractivity contribution in [3.05, 3.63) is 33.4 Å². The first kappa shape index (κ1) is 15.4. The monoisotopic (exact) mass is 373 g/mol. The van der Waals surface area contributed by atoms with E-state index < -0.39 is 23.2 Å². The SMILES string of the molecule is CCC1(CC(=O)O)OCCc2c1[nH]c1c(F)cc(F)c(Br)c21. The van der Waals surface area contributed by atoms with Gasteiger partial charge in [-0.1, -0.05) is 6.92 Å². The smallest absolute Gasteiger partial charge is 0.306 e. The molecule has 0 fully saturated rings. The Kier molecular flexibility index (Phi) is 3.72. The van der Waals surface area contributed by atoms with Crippen LogP contribution in [0.5, 0.6) is 0 Å². The molecule has 1 aromatic carbocycles. The number of benzene rings is 1. The highest BCUT2D eigenvalue weighted by molar-refractivity contribution is 9.10. The van der Waals surface area contributed by atoms with Gasteiger partial charge >= 0.3 is 5.97 Å². The zero-order chi connectivity index (χ0) is 16.1. The Balaban J connectivity index is 2.32. The van der Waals surface area contributed by atoms with E-state index >= 15 is 0 Å². The van der Waals surface area contributed by atoms with Gasteiger partial charge in [0, 0.05) is 11.5 Å². The van der Waals surface area contributed by atoms with E-state index in [2.05, 4.69) is 20.9 Å². The van der Waals surface area contributed by atoms with Gasteiger partial charge in [-0.2, -0.15) is 0 Å². The lowest BCUT2D eigenvalue weighted by molar-refractivity contribution is -0.148. The Bertz CT molecular complexity index is 774. The van der Waals surface area contributed by atoms with Crippen LogP contribution in [0.2, 0.25) is 0 Å². The summed E-state index contributed by atoms with van der Waals surface area (Å²) in [4.78, 5) is 14.1. The second kappa shape index (κ2) is 5.31. The van der Waals surface area contributed by atoms with Crippen molar-refractivity contribution in [1.29, 1.82) is 0 Å². The van der Waals surface area contributed by atoms with Crippen molar-refractivity contribution in [2.75, 3.05) is 6.61 Å². The molecule has 1 unspecified atom stereocenters. The van der Waals surface area contributed by atoms with Crippen LogP contribution in [-0.2, 0) is 21.6 Å². The van der Waals surface area contributed by atoms with Crippen LogP contribution >= 0.6 is 15.9 Å². The van der Waals surface area contributed by atoms with Gasteiger partial charge in [0.2, 0.25) is 0 Å². The highest BCUT2D eigenvalue weighted by Crippen LogP contribution is 2.44. The van der Waals surface area contributed by atoms with Gasteiger partial charge < -0.3 is 14.8 Å². The molecular formula is C15H14BrF2NO3. The van der Waals surface area contributed by atoms with Crippen molar-refractivity contribution in [2.45, 2.75) is 31.8 Å². The first-order chi connectivity index (χ1) is 10.4. The van der Waals surface area contributed by atoms with Gasteiger partial charge in [-0.3, -0.25) is 4.79 Å². The summed E-state index contributed by atoms with van der Waals surface area (Å²) in [6.07, 6.45) is 0.657. The summed E-state index contributed by atoms with van der Waals surface area (Å²) in [7, 11) is 0. The van der Waals surface area contributed by atoms with E-state index in [0.717, 1.165) is 11.6 Å². The number of hydrogen-bond donors (Lipinski definition) is 2. The molecule has 4 nitrogen and oxygen atoms in total. The van der Waals surface area contributed by atoms with Crippen LogP contribution in [0.25, 0.3) is 10.9 Å². The predicted octanol–water partition coefficient (Wildman–Crippen LogP) is 3.86. The number of aliphatic carboxylic acids is 1. The maximum absolute atomic E-state index is 14.1. The summed E-state index contributed by atoms with van der Waals surface area (Å²) in [6.45, 7) is 2.13. The second-order valence-corrected chi connectivity index (χ2v) is 6.19. The van der Waals surface area contributed by atoms with Crippen LogP contribution in [0, 0.1) is 11.6 Å². The van der Waals surface area contributed by atoms with E-state index in [0.29, 0.717) is 30.5 Å². The number of hydrogen-bond acceptors (Lipinski definition) is 2. The molecule has 118 valence electrons. The van der Waals surface area contributed by atoms with Gasteiger partial charge in [-0.05, 0) is 34.3 Å². The van der Waals surface area contributed by atoms with Crippen molar-refractivity contribution in [2.24, 2.45) is 0 Å². The fourth-order valence-electron chi connectivity index (χ4n) is 3.17. The lowest BCUT2D eigenvalue weighted by Crippen LogP contribution is -2.37. The first-order valence-electron chi connectivity index (χ1n) is 6.94. The Morgan fingerprint density at radius 2 is 2.23 bits per heavy atom. The zero-order valence-electron chi connectivity index (χ0n) is 11.8. The standard InChI is InChI=1S/C15H14BrF2NO3/c1-2-15(6-10(20)21)14-7(3-4-22-15)11-12(16)8(17)5-9(18)13(11)19-14/h5,19H,2-4,6H2,1H3,(H,20,21).